The summed E-state index contributed by atoms with van der Waals surface area (Å²) in [6.45, 7) is 0. The van der Waals surface area contributed by atoms with Gasteiger partial charge in [0, 0.05) is 10.9 Å². The first-order valence-corrected chi connectivity index (χ1v) is 9.40. The molecule has 0 bridgehead atoms. The molecule has 2 atom stereocenters. The van der Waals surface area contributed by atoms with Crippen molar-refractivity contribution in [1.82, 2.24) is 0 Å². The lowest BCUT2D eigenvalue weighted by molar-refractivity contribution is -0.116. The lowest BCUT2D eigenvalue weighted by atomic mass is 10.2. The van der Waals surface area contributed by atoms with Crippen LogP contribution in [0, 0.1) is 11.3 Å². The number of aliphatic imine (C=N–C) groups is 1. The Hall–Kier alpha value is -1.85. The van der Waals surface area contributed by atoms with Gasteiger partial charge < -0.3 is 4.90 Å². The lowest BCUT2D eigenvalue weighted by Crippen LogP contribution is -2.37. The second-order valence-electron chi connectivity index (χ2n) is 5.13. The van der Waals surface area contributed by atoms with Crippen LogP contribution in [0.2, 0.25) is 0 Å². The van der Waals surface area contributed by atoms with E-state index in [1.807, 2.05) is 35.2 Å². The number of amides is 1. The van der Waals surface area contributed by atoms with Gasteiger partial charge in [-0.25, -0.2) is 8.42 Å². The maximum atomic E-state index is 11.9. The van der Waals surface area contributed by atoms with Crippen LogP contribution >= 0.6 is 11.8 Å². The van der Waals surface area contributed by atoms with Crippen LogP contribution in [-0.2, 0) is 14.6 Å². The third-order valence-electron chi connectivity index (χ3n) is 3.55. The van der Waals surface area contributed by atoms with E-state index < -0.39 is 15.7 Å². The van der Waals surface area contributed by atoms with Crippen LogP contribution in [0.1, 0.15) is 6.42 Å². The first-order valence-electron chi connectivity index (χ1n) is 6.70. The number of fused-ring (bicyclic) bond motifs is 1. The molecule has 2 fully saturated rings. The van der Waals surface area contributed by atoms with Gasteiger partial charge in [-0.2, -0.15) is 10.3 Å². The van der Waals surface area contributed by atoms with Crippen LogP contribution in [0.25, 0.3) is 0 Å². The van der Waals surface area contributed by atoms with Crippen LogP contribution in [-0.4, -0.2) is 42.3 Å². The quantitative estimate of drug-likeness (QED) is 0.806. The third-order valence-corrected chi connectivity index (χ3v) is 6.76. The molecule has 0 radical (unpaired) electrons. The van der Waals surface area contributed by atoms with Crippen molar-refractivity contribution >= 4 is 38.4 Å². The molecule has 2 saturated heterocycles. The van der Waals surface area contributed by atoms with Crippen molar-refractivity contribution in [3.8, 4) is 6.07 Å². The fourth-order valence-electron chi connectivity index (χ4n) is 2.67. The molecule has 2 aliphatic rings. The number of para-hydroxylation sites is 1. The van der Waals surface area contributed by atoms with E-state index in [1.54, 1.807) is 6.07 Å². The Labute approximate surface area is 132 Å². The molecule has 114 valence electrons. The third kappa shape index (κ3) is 2.87. The molecule has 8 heteroatoms. The molecule has 2 aliphatic heterocycles. The number of nitrogens with zero attached hydrogens (tertiary/aromatic N) is 3. The van der Waals surface area contributed by atoms with Crippen molar-refractivity contribution in [2.75, 3.05) is 16.4 Å². The summed E-state index contributed by atoms with van der Waals surface area (Å²) < 4.78 is 23.7. The van der Waals surface area contributed by atoms with E-state index in [4.69, 9.17) is 5.26 Å². The van der Waals surface area contributed by atoms with E-state index >= 15 is 0 Å². The number of sulfone groups is 1. The van der Waals surface area contributed by atoms with Crippen molar-refractivity contribution in [1.29, 1.82) is 5.26 Å². The summed E-state index contributed by atoms with van der Waals surface area (Å²) in [7, 11) is -3.06. The SMILES string of the molecule is N#CCC(=O)N=C1S[C@@H]2CS(=O)(=O)C[C@@H]2N1c1ccccc1. The predicted molar refractivity (Wildman–Crippen MR) is 85.4 cm³/mol. The number of amidine groups is 1. The summed E-state index contributed by atoms with van der Waals surface area (Å²) in [5, 5.41) is 8.94. The summed E-state index contributed by atoms with van der Waals surface area (Å²) >= 11 is 1.31. The maximum absolute atomic E-state index is 11.9. The zero-order valence-electron chi connectivity index (χ0n) is 11.5. The van der Waals surface area contributed by atoms with Crippen molar-refractivity contribution in [2.45, 2.75) is 17.7 Å². The molecule has 22 heavy (non-hydrogen) atoms. The second-order valence-corrected chi connectivity index (χ2v) is 8.49. The first kappa shape index (κ1) is 15.1. The Bertz CT molecular complexity index is 768. The predicted octanol–water partition coefficient (Wildman–Crippen LogP) is 1.20. The first-order chi connectivity index (χ1) is 10.5. The highest BCUT2D eigenvalue weighted by Crippen LogP contribution is 2.40. The van der Waals surface area contributed by atoms with Gasteiger partial charge in [-0.3, -0.25) is 4.79 Å². The molecular formula is C14H13N3O3S2. The molecular weight excluding hydrogens is 322 g/mol. The molecule has 0 N–H and O–H groups in total. The van der Waals surface area contributed by atoms with Gasteiger partial charge in [-0.15, -0.1) is 0 Å². The smallest absolute Gasteiger partial charge is 0.262 e. The Morgan fingerprint density at radius 3 is 2.77 bits per heavy atom. The van der Waals surface area contributed by atoms with E-state index in [1.165, 1.54) is 11.8 Å². The molecule has 1 amide bonds. The molecule has 0 spiro atoms. The fourth-order valence-corrected chi connectivity index (χ4v) is 6.60. The van der Waals surface area contributed by atoms with Crippen molar-refractivity contribution < 1.29 is 13.2 Å². The van der Waals surface area contributed by atoms with E-state index in [9.17, 15) is 13.2 Å². The number of thioether (sulfide) groups is 1. The van der Waals surface area contributed by atoms with Gasteiger partial charge >= 0.3 is 0 Å². The molecule has 2 heterocycles. The Balaban J connectivity index is 1.98. The molecule has 1 aromatic rings. The fraction of sp³-hybridized carbons (Fsp3) is 0.357. The van der Waals surface area contributed by atoms with Gasteiger partial charge in [0.25, 0.3) is 5.91 Å². The summed E-state index contributed by atoms with van der Waals surface area (Å²) in [6.07, 6.45) is -0.277. The van der Waals surface area contributed by atoms with Crippen molar-refractivity contribution in [3.05, 3.63) is 30.3 Å². The summed E-state index contributed by atoms with van der Waals surface area (Å²) in [6, 6.07) is 10.9. The zero-order chi connectivity index (χ0) is 15.7. The van der Waals surface area contributed by atoms with Gasteiger partial charge in [0.2, 0.25) is 0 Å². The Kier molecular flexibility index (Phi) is 3.93. The summed E-state index contributed by atoms with van der Waals surface area (Å²) in [5.41, 5.74) is 0.808. The van der Waals surface area contributed by atoms with Gasteiger partial charge in [0.15, 0.2) is 15.0 Å². The van der Waals surface area contributed by atoms with E-state index in [2.05, 4.69) is 4.99 Å². The van der Waals surface area contributed by atoms with Crippen LogP contribution in [0.3, 0.4) is 0 Å². The van der Waals surface area contributed by atoms with Crippen LogP contribution in [0.4, 0.5) is 5.69 Å². The largest absolute Gasteiger partial charge is 0.316 e. The number of carbonyl (C=O) groups excluding carboxylic acids is 1. The number of rotatable bonds is 2. The number of hydrogen-bond acceptors (Lipinski definition) is 5. The molecule has 6 nitrogen and oxygen atoms in total. The van der Waals surface area contributed by atoms with E-state index in [-0.39, 0.29) is 29.2 Å². The van der Waals surface area contributed by atoms with E-state index in [0.717, 1.165) is 5.69 Å². The average Bonchev–Trinajstić information content (AvgIpc) is 2.91. The number of anilines is 1. The monoisotopic (exact) mass is 335 g/mol. The van der Waals surface area contributed by atoms with Crippen LogP contribution < -0.4 is 4.90 Å². The van der Waals surface area contributed by atoms with Gasteiger partial charge in [-0.1, -0.05) is 30.0 Å². The molecule has 0 unspecified atom stereocenters. The molecule has 0 aliphatic carbocycles. The van der Waals surface area contributed by atoms with Crippen LogP contribution in [0.5, 0.6) is 0 Å². The average molecular weight is 335 g/mol. The Morgan fingerprint density at radius 1 is 1.36 bits per heavy atom. The molecule has 3 rings (SSSR count). The summed E-state index contributed by atoms with van der Waals surface area (Å²) in [4.78, 5) is 17.5. The lowest BCUT2D eigenvalue weighted by Gasteiger charge is -2.24. The zero-order valence-corrected chi connectivity index (χ0v) is 13.2. The molecule has 0 saturated carbocycles. The number of carbonyl (C=O) groups is 1. The molecule has 0 aromatic heterocycles. The van der Waals surface area contributed by atoms with Gasteiger partial charge in [0.05, 0.1) is 23.6 Å². The maximum Gasteiger partial charge on any atom is 0.262 e. The van der Waals surface area contributed by atoms with E-state index in [0.29, 0.717) is 5.17 Å². The summed E-state index contributed by atoms with van der Waals surface area (Å²) in [5.74, 6) is -0.351. The number of nitriles is 1. The second kappa shape index (κ2) is 5.74. The number of hydrogen-bond donors (Lipinski definition) is 0. The van der Waals surface area contributed by atoms with Gasteiger partial charge in [-0.05, 0) is 12.1 Å². The topological polar surface area (TPSA) is 90.6 Å². The highest BCUT2D eigenvalue weighted by molar-refractivity contribution is 8.16. The normalized spacial score (nSPS) is 27.6. The van der Waals surface area contributed by atoms with Crippen molar-refractivity contribution in [2.24, 2.45) is 4.99 Å². The number of benzene rings is 1. The van der Waals surface area contributed by atoms with Crippen LogP contribution in [0.15, 0.2) is 35.3 Å². The minimum atomic E-state index is -3.06. The highest BCUT2D eigenvalue weighted by atomic mass is 32.2. The Morgan fingerprint density at radius 2 is 2.09 bits per heavy atom. The minimum absolute atomic E-state index is 0.0605. The standard InChI is InChI=1S/C14H13N3O3S2/c15-7-6-13(18)16-14-17(10-4-2-1-3-5-10)11-8-22(19,20)9-12(11)21-14/h1-5,11-12H,6,8-9H2/t11-,12+/m0/s1. The molecule has 1 aromatic carbocycles. The van der Waals surface area contributed by atoms with Crippen molar-refractivity contribution in [3.63, 3.8) is 0 Å². The highest BCUT2D eigenvalue weighted by Gasteiger charge is 2.49. The van der Waals surface area contributed by atoms with Gasteiger partial charge in [0.1, 0.15) is 6.42 Å². The minimum Gasteiger partial charge on any atom is -0.316 e.